The van der Waals surface area contributed by atoms with Gasteiger partial charge in [0.25, 0.3) is 0 Å². The standard InChI is InChI=1S/C15H10Cl2O/c16-12-6-7-13-11(8-12)9-14(18-13)15(17)10-4-2-1-3-5-10/h1-9,15H. The van der Waals surface area contributed by atoms with Crippen molar-refractivity contribution in [3.05, 3.63) is 70.9 Å². The first-order valence-electron chi connectivity index (χ1n) is 5.62. The van der Waals surface area contributed by atoms with Crippen LogP contribution in [0.15, 0.2) is 59.0 Å². The molecule has 2 aromatic carbocycles. The second kappa shape index (κ2) is 4.68. The van der Waals surface area contributed by atoms with Crippen molar-refractivity contribution in [2.45, 2.75) is 5.38 Å². The van der Waals surface area contributed by atoms with E-state index in [1.54, 1.807) is 0 Å². The summed E-state index contributed by atoms with van der Waals surface area (Å²) in [5, 5.41) is 1.39. The molecule has 0 bridgehead atoms. The van der Waals surface area contributed by atoms with E-state index in [1.807, 2.05) is 54.6 Å². The van der Waals surface area contributed by atoms with Crippen LogP contribution < -0.4 is 0 Å². The molecule has 1 aromatic heterocycles. The molecular formula is C15H10Cl2O. The molecule has 0 aliphatic rings. The summed E-state index contributed by atoms with van der Waals surface area (Å²) in [5.41, 5.74) is 1.82. The van der Waals surface area contributed by atoms with Gasteiger partial charge in [-0.05, 0) is 29.8 Å². The molecule has 18 heavy (non-hydrogen) atoms. The highest BCUT2D eigenvalue weighted by molar-refractivity contribution is 6.31. The Balaban J connectivity index is 2.04. The molecule has 0 spiro atoms. The van der Waals surface area contributed by atoms with Crippen LogP contribution in [0.25, 0.3) is 11.0 Å². The minimum Gasteiger partial charge on any atom is -0.459 e. The zero-order valence-corrected chi connectivity index (χ0v) is 10.9. The number of rotatable bonds is 2. The van der Waals surface area contributed by atoms with Gasteiger partial charge in [-0.3, -0.25) is 0 Å². The molecule has 0 aliphatic carbocycles. The summed E-state index contributed by atoms with van der Waals surface area (Å²) >= 11 is 12.4. The predicted molar refractivity (Wildman–Crippen MR) is 75.4 cm³/mol. The molecule has 0 saturated carbocycles. The summed E-state index contributed by atoms with van der Waals surface area (Å²) in [6, 6.07) is 17.3. The lowest BCUT2D eigenvalue weighted by Gasteiger charge is -2.05. The van der Waals surface area contributed by atoms with Crippen molar-refractivity contribution in [2.24, 2.45) is 0 Å². The number of benzene rings is 2. The smallest absolute Gasteiger partial charge is 0.134 e. The summed E-state index contributed by atoms with van der Waals surface area (Å²) in [5.74, 6) is 0.736. The van der Waals surface area contributed by atoms with Crippen LogP contribution >= 0.6 is 23.2 Å². The number of hydrogen-bond acceptors (Lipinski definition) is 1. The van der Waals surface area contributed by atoms with Crippen molar-refractivity contribution in [3.8, 4) is 0 Å². The number of halogens is 2. The van der Waals surface area contributed by atoms with Gasteiger partial charge >= 0.3 is 0 Å². The zero-order valence-electron chi connectivity index (χ0n) is 9.44. The second-order valence-electron chi connectivity index (χ2n) is 4.10. The summed E-state index contributed by atoms with van der Waals surface area (Å²) in [7, 11) is 0. The van der Waals surface area contributed by atoms with Gasteiger partial charge in [0, 0.05) is 10.4 Å². The van der Waals surface area contributed by atoms with Crippen LogP contribution in [-0.2, 0) is 0 Å². The van der Waals surface area contributed by atoms with Crippen LogP contribution in [0.5, 0.6) is 0 Å². The van der Waals surface area contributed by atoms with E-state index in [-0.39, 0.29) is 5.38 Å². The van der Waals surface area contributed by atoms with Gasteiger partial charge in [-0.15, -0.1) is 11.6 Å². The largest absolute Gasteiger partial charge is 0.459 e. The minimum atomic E-state index is -0.280. The second-order valence-corrected chi connectivity index (χ2v) is 4.98. The van der Waals surface area contributed by atoms with Crippen molar-refractivity contribution in [2.75, 3.05) is 0 Å². The summed E-state index contributed by atoms with van der Waals surface area (Å²) in [4.78, 5) is 0. The van der Waals surface area contributed by atoms with Gasteiger partial charge in [0.2, 0.25) is 0 Å². The molecule has 3 rings (SSSR count). The maximum absolute atomic E-state index is 6.42. The van der Waals surface area contributed by atoms with Gasteiger partial charge in [-0.2, -0.15) is 0 Å². The van der Waals surface area contributed by atoms with E-state index in [0.717, 1.165) is 22.3 Å². The quantitative estimate of drug-likeness (QED) is 0.570. The van der Waals surface area contributed by atoms with Crippen molar-refractivity contribution in [1.29, 1.82) is 0 Å². The van der Waals surface area contributed by atoms with E-state index >= 15 is 0 Å². The van der Waals surface area contributed by atoms with Crippen molar-refractivity contribution in [3.63, 3.8) is 0 Å². The van der Waals surface area contributed by atoms with Gasteiger partial charge in [0.05, 0.1) is 0 Å². The number of furan rings is 1. The van der Waals surface area contributed by atoms with Crippen molar-refractivity contribution in [1.82, 2.24) is 0 Å². The third-order valence-electron chi connectivity index (χ3n) is 2.84. The number of hydrogen-bond donors (Lipinski definition) is 0. The Morgan fingerprint density at radius 2 is 1.72 bits per heavy atom. The molecule has 1 unspecified atom stereocenters. The predicted octanol–water partition coefficient (Wildman–Crippen LogP) is 5.41. The van der Waals surface area contributed by atoms with Gasteiger partial charge < -0.3 is 4.42 Å². The lowest BCUT2D eigenvalue weighted by molar-refractivity contribution is 0.557. The molecule has 0 N–H and O–H groups in total. The van der Waals surface area contributed by atoms with Crippen LogP contribution in [0.1, 0.15) is 16.7 Å². The van der Waals surface area contributed by atoms with E-state index in [0.29, 0.717) is 5.02 Å². The maximum atomic E-state index is 6.42. The van der Waals surface area contributed by atoms with Crippen molar-refractivity contribution >= 4 is 34.2 Å². The van der Waals surface area contributed by atoms with Crippen LogP contribution in [0.2, 0.25) is 5.02 Å². The average molecular weight is 277 g/mol. The molecule has 3 heteroatoms. The number of fused-ring (bicyclic) bond motifs is 1. The highest BCUT2D eigenvalue weighted by Crippen LogP contribution is 2.33. The van der Waals surface area contributed by atoms with Crippen LogP contribution in [0.3, 0.4) is 0 Å². The fourth-order valence-corrected chi connectivity index (χ4v) is 2.38. The molecule has 1 nitrogen and oxygen atoms in total. The Hall–Kier alpha value is -1.44. The highest BCUT2D eigenvalue weighted by Gasteiger charge is 2.15. The van der Waals surface area contributed by atoms with E-state index in [4.69, 9.17) is 27.6 Å². The minimum absolute atomic E-state index is 0.280. The number of alkyl halides is 1. The lowest BCUT2D eigenvalue weighted by Crippen LogP contribution is -1.89. The monoisotopic (exact) mass is 276 g/mol. The van der Waals surface area contributed by atoms with Crippen LogP contribution in [0.4, 0.5) is 0 Å². The molecule has 90 valence electrons. The first-order valence-corrected chi connectivity index (χ1v) is 6.43. The first-order chi connectivity index (χ1) is 8.74. The van der Waals surface area contributed by atoms with Gasteiger partial charge in [0.1, 0.15) is 16.7 Å². The Labute approximate surface area is 115 Å². The first kappa shape index (κ1) is 11.6. The fourth-order valence-electron chi connectivity index (χ4n) is 1.95. The Morgan fingerprint density at radius 1 is 0.944 bits per heavy atom. The molecule has 1 heterocycles. The fraction of sp³-hybridized carbons (Fsp3) is 0.0667. The van der Waals surface area contributed by atoms with Gasteiger partial charge in [0.15, 0.2) is 0 Å². The maximum Gasteiger partial charge on any atom is 0.134 e. The normalized spacial score (nSPS) is 12.8. The average Bonchev–Trinajstić information content (AvgIpc) is 2.81. The topological polar surface area (TPSA) is 13.1 Å². The Bertz CT molecular complexity index is 673. The summed E-state index contributed by atoms with van der Waals surface area (Å²) in [6.07, 6.45) is 0. The van der Waals surface area contributed by atoms with Crippen LogP contribution in [-0.4, -0.2) is 0 Å². The summed E-state index contributed by atoms with van der Waals surface area (Å²) < 4.78 is 5.75. The van der Waals surface area contributed by atoms with Gasteiger partial charge in [-0.25, -0.2) is 0 Å². The van der Waals surface area contributed by atoms with E-state index in [2.05, 4.69) is 0 Å². The molecule has 0 fully saturated rings. The van der Waals surface area contributed by atoms with E-state index in [9.17, 15) is 0 Å². The zero-order chi connectivity index (χ0) is 12.5. The van der Waals surface area contributed by atoms with Crippen molar-refractivity contribution < 1.29 is 4.42 Å². The molecular weight excluding hydrogens is 267 g/mol. The van der Waals surface area contributed by atoms with E-state index in [1.165, 1.54) is 0 Å². The lowest BCUT2D eigenvalue weighted by atomic mass is 10.1. The SMILES string of the molecule is Clc1ccc2oc(C(Cl)c3ccccc3)cc2c1. The van der Waals surface area contributed by atoms with Crippen LogP contribution in [0, 0.1) is 0 Å². The third kappa shape index (κ3) is 2.12. The molecule has 1 atom stereocenters. The summed E-state index contributed by atoms with van der Waals surface area (Å²) in [6.45, 7) is 0. The molecule has 0 amide bonds. The highest BCUT2D eigenvalue weighted by atomic mass is 35.5. The molecule has 3 aromatic rings. The Kier molecular flexibility index (Phi) is 3.02. The molecule has 0 aliphatic heterocycles. The van der Waals surface area contributed by atoms with E-state index < -0.39 is 0 Å². The van der Waals surface area contributed by atoms with Gasteiger partial charge in [-0.1, -0.05) is 41.9 Å². The molecule has 0 radical (unpaired) electrons. The third-order valence-corrected chi connectivity index (χ3v) is 3.54. The Morgan fingerprint density at radius 3 is 2.50 bits per heavy atom. The molecule has 0 saturated heterocycles.